The number of ether oxygens (including phenoxy) is 1. The highest BCUT2D eigenvalue weighted by atomic mass is 16.5. The van der Waals surface area contributed by atoms with Crippen LogP contribution in [0.1, 0.15) is 44.9 Å². The van der Waals surface area contributed by atoms with E-state index in [2.05, 4.69) is 4.90 Å². The fourth-order valence-corrected chi connectivity index (χ4v) is 3.99. The van der Waals surface area contributed by atoms with E-state index >= 15 is 0 Å². The molecule has 1 aliphatic heterocycles. The van der Waals surface area contributed by atoms with Gasteiger partial charge in [-0.15, -0.1) is 0 Å². The predicted octanol–water partition coefficient (Wildman–Crippen LogP) is 1.00. The van der Waals surface area contributed by atoms with E-state index in [0.29, 0.717) is 12.1 Å². The van der Waals surface area contributed by atoms with Crippen LogP contribution in [0.25, 0.3) is 0 Å². The Morgan fingerprint density at radius 3 is 2.33 bits per heavy atom. The molecule has 0 aromatic carbocycles. The van der Waals surface area contributed by atoms with Gasteiger partial charge >= 0.3 is 0 Å². The van der Waals surface area contributed by atoms with Crippen LogP contribution in [0.5, 0.6) is 0 Å². The number of hydrogen-bond acceptors (Lipinski definition) is 4. The molecular weight excluding hydrogens is 268 g/mol. The Hall–Kier alpha value is -0.650. The zero-order valence-electron chi connectivity index (χ0n) is 12.9. The van der Waals surface area contributed by atoms with Crippen LogP contribution in [0.15, 0.2) is 0 Å². The largest absolute Gasteiger partial charge is 0.391 e. The highest BCUT2D eigenvalue weighted by Crippen LogP contribution is 2.25. The molecule has 0 bridgehead atoms. The Bertz CT molecular complexity index is 349. The van der Waals surface area contributed by atoms with Crippen LogP contribution in [-0.2, 0) is 9.53 Å². The normalized spacial score (nSPS) is 32.0. The molecule has 2 atom stereocenters. The molecule has 21 heavy (non-hydrogen) atoms. The van der Waals surface area contributed by atoms with Gasteiger partial charge in [-0.25, -0.2) is 0 Å². The molecule has 0 radical (unpaired) electrons. The third-order valence-corrected chi connectivity index (χ3v) is 5.32. The van der Waals surface area contributed by atoms with Gasteiger partial charge in [-0.05, 0) is 32.1 Å². The highest BCUT2D eigenvalue weighted by Gasteiger charge is 2.33. The molecule has 1 saturated heterocycles. The molecule has 2 aliphatic carbocycles. The van der Waals surface area contributed by atoms with E-state index in [4.69, 9.17) is 4.74 Å². The summed E-state index contributed by atoms with van der Waals surface area (Å²) in [5.41, 5.74) is 0. The van der Waals surface area contributed by atoms with Crippen molar-refractivity contribution >= 4 is 5.91 Å². The summed E-state index contributed by atoms with van der Waals surface area (Å²) in [6.45, 7) is 3.57. The van der Waals surface area contributed by atoms with Crippen molar-refractivity contribution in [1.29, 1.82) is 0 Å². The third kappa shape index (κ3) is 3.76. The Labute approximate surface area is 127 Å². The maximum atomic E-state index is 12.2. The lowest BCUT2D eigenvalue weighted by atomic mass is 10.1. The monoisotopic (exact) mass is 296 g/mol. The van der Waals surface area contributed by atoms with Crippen molar-refractivity contribution in [2.75, 3.05) is 32.8 Å². The molecule has 120 valence electrons. The fourth-order valence-electron chi connectivity index (χ4n) is 3.99. The summed E-state index contributed by atoms with van der Waals surface area (Å²) in [6.07, 6.45) is 7.99. The van der Waals surface area contributed by atoms with Crippen molar-refractivity contribution in [1.82, 2.24) is 9.80 Å². The third-order valence-electron chi connectivity index (χ3n) is 5.32. The molecular formula is C16H28N2O3. The number of hydrogen-bond donors (Lipinski definition) is 1. The molecule has 0 unspecified atom stereocenters. The van der Waals surface area contributed by atoms with Crippen LogP contribution in [0.2, 0.25) is 0 Å². The van der Waals surface area contributed by atoms with Crippen molar-refractivity contribution in [2.24, 2.45) is 0 Å². The van der Waals surface area contributed by atoms with E-state index in [9.17, 15) is 9.90 Å². The van der Waals surface area contributed by atoms with Gasteiger partial charge in [0.15, 0.2) is 0 Å². The first-order valence-electron chi connectivity index (χ1n) is 8.55. The van der Waals surface area contributed by atoms with Crippen molar-refractivity contribution in [3.05, 3.63) is 0 Å². The van der Waals surface area contributed by atoms with E-state index < -0.39 is 0 Å². The lowest BCUT2D eigenvalue weighted by Gasteiger charge is -2.39. The molecule has 3 rings (SSSR count). The lowest BCUT2D eigenvalue weighted by molar-refractivity contribution is -0.140. The molecule has 0 aromatic heterocycles. The first kappa shape index (κ1) is 15.3. The van der Waals surface area contributed by atoms with E-state index in [1.54, 1.807) is 0 Å². The summed E-state index contributed by atoms with van der Waals surface area (Å²) in [6, 6.07) is 0.317. The van der Waals surface area contributed by atoms with Gasteiger partial charge < -0.3 is 14.7 Å². The quantitative estimate of drug-likeness (QED) is 0.841. The Morgan fingerprint density at radius 2 is 1.71 bits per heavy atom. The molecule has 5 heteroatoms. The molecule has 3 aliphatic rings. The number of carbonyl (C=O) groups excluding carboxylic acids is 1. The maximum absolute atomic E-state index is 12.2. The molecule has 3 fully saturated rings. The molecule has 1 heterocycles. The van der Waals surface area contributed by atoms with E-state index in [-0.39, 0.29) is 18.6 Å². The second kappa shape index (κ2) is 7.07. The zero-order valence-corrected chi connectivity index (χ0v) is 12.9. The van der Waals surface area contributed by atoms with Crippen LogP contribution in [0.4, 0.5) is 0 Å². The average Bonchev–Trinajstić information content (AvgIpc) is 3.16. The first-order valence-corrected chi connectivity index (χ1v) is 8.55. The molecule has 2 saturated carbocycles. The number of amides is 1. The van der Waals surface area contributed by atoms with Crippen LogP contribution >= 0.6 is 0 Å². The number of aliphatic hydroxyl groups excluding tert-OH is 1. The minimum Gasteiger partial charge on any atom is -0.391 e. The number of nitrogens with zero attached hydrogens (tertiary/aromatic N) is 2. The number of piperazine rings is 1. The second-order valence-corrected chi connectivity index (χ2v) is 6.70. The zero-order chi connectivity index (χ0) is 14.7. The number of aliphatic hydroxyl groups is 1. The minimum absolute atomic E-state index is 0.133. The molecule has 0 spiro atoms. The summed E-state index contributed by atoms with van der Waals surface area (Å²) < 4.78 is 5.72. The van der Waals surface area contributed by atoms with Gasteiger partial charge in [0.25, 0.3) is 0 Å². The molecule has 1 N–H and O–H groups in total. The SMILES string of the molecule is O=C(COC1CCCC1)N1CCN([C@@H]2CCC[C@H]2O)CC1. The van der Waals surface area contributed by atoms with Gasteiger partial charge in [0.05, 0.1) is 12.2 Å². The second-order valence-electron chi connectivity index (χ2n) is 6.70. The van der Waals surface area contributed by atoms with E-state index in [1.165, 1.54) is 12.8 Å². The average molecular weight is 296 g/mol. The van der Waals surface area contributed by atoms with Crippen molar-refractivity contribution < 1.29 is 14.6 Å². The van der Waals surface area contributed by atoms with Crippen LogP contribution in [0, 0.1) is 0 Å². The van der Waals surface area contributed by atoms with Gasteiger partial charge in [-0.3, -0.25) is 9.69 Å². The molecule has 0 aromatic rings. The van der Waals surface area contributed by atoms with E-state index in [0.717, 1.165) is 58.3 Å². The van der Waals surface area contributed by atoms with Crippen molar-refractivity contribution in [3.63, 3.8) is 0 Å². The van der Waals surface area contributed by atoms with Crippen LogP contribution in [0.3, 0.4) is 0 Å². The Morgan fingerprint density at radius 1 is 1.00 bits per heavy atom. The van der Waals surface area contributed by atoms with Crippen molar-refractivity contribution in [2.45, 2.75) is 63.2 Å². The van der Waals surface area contributed by atoms with E-state index in [1.807, 2.05) is 4.90 Å². The smallest absolute Gasteiger partial charge is 0.248 e. The van der Waals surface area contributed by atoms with Crippen molar-refractivity contribution in [3.8, 4) is 0 Å². The van der Waals surface area contributed by atoms with Crippen LogP contribution < -0.4 is 0 Å². The fraction of sp³-hybridized carbons (Fsp3) is 0.938. The Balaban J connectivity index is 1.39. The highest BCUT2D eigenvalue weighted by molar-refractivity contribution is 5.77. The number of carbonyl (C=O) groups is 1. The number of rotatable bonds is 4. The first-order chi connectivity index (χ1) is 10.2. The summed E-state index contributed by atoms with van der Waals surface area (Å²) in [7, 11) is 0. The Kier molecular flexibility index (Phi) is 5.14. The van der Waals surface area contributed by atoms with Gasteiger partial charge in [0, 0.05) is 32.2 Å². The summed E-state index contributed by atoms with van der Waals surface area (Å²) in [5, 5.41) is 9.98. The van der Waals surface area contributed by atoms with Crippen LogP contribution in [-0.4, -0.2) is 71.8 Å². The predicted molar refractivity (Wildman–Crippen MR) is 80.0 cm³/mol. The minimum atomic E-state index is -0.169. The van der Waals surface area contributed by atoms with Gasteiger partial charge in [-0.2, -0.15) is 0 Å². The summed E-state index contributed by atoms with van der Waals surface area (Å²) >= 11 is 0. The summed E-state index contributed by atoms with van der Waals surface area (Å²) in [4.78, 5) is 16.5. The molecule has 5 nitrogen and oxygen atoms in total. The van der Waals surface area contributed by atoms with Gasteiger partial charge in [0.1, 0.15) is 6.61 Å². The maximum Gasteiger partial charge on any atom is 0.248 e. The standard InChI is InChI=1S/C16H28N2O3/c19-15-7-3-6-14(15)17-8-10-18(11-9-17)16(20)12-21-13-4-1-2-5-13/h13-15,19H,1-12H2/t14-,15-/m1/s1. The lowest BCUT2D eigenvalue weighted by Crippen LogP contribution is -2.54. The van der Waals surface area contributed by atoms with Gasteiger partial charge in [0.2, 0.25) is 5.91 Å². The topological polar surface area (TPSA) is 53.0 Å². The van der Waals surface area contributed by atoms with Gasteiger partial charge in [-0.1, -0.05) is 12.8 Å². The molecule has 1 amide bonds. The summed E-state index contributed by atoms with van der Waals surface area (Å²) in [5.74, 6) is 0.133.